The zero-order valence-corrected chi connectivity index (χ0v) is 9.40. The maximum atomic E-state index is 10.9. The normalized spacial score (nSPS) is 9.64. The van der Waals surface area contributed by atoms with Gasteiger partial charge in [0.1, 0.15) is 0 Å². The van der Waals surface area contributed by atoms with Crippen LogP contribution in [0.25, 0.3) is 0 Å². The van der Waals surface area contributed by atoms with Gasteiger partial charge in [0, 0.05) is 20.3 Å². The van der Waals surface area contributed by atoms with E-state index < -0.39 is 5.97 Å². The topological polar surface area (TPSA) is 59.0 Å². The SMILES string of the molecule is CC.CCOC(=O)/C(=C/N(C)C)N=O. The van der Waals surface area contributed by atoms with E-state index >= 15 is 0 Å². The van der Waals surface area contributed by atoms with Crippen LogP contribution in [0.4, 0.5) is 0 Å². The second-order valence-corrected chi connectivity index (χ2v) is 2.29. The van der Waals surface area contributed by atoms with Gasteiger partial charge < -0.3 is 9.64 Å². The molecule has 0 unspecified atom stereocenters. The van der Waals surface area contributed by atoms with Gasteiger partial charge in [-0.25, -0.2) is 4.79 Å². The maximum Gasteiger partial charge on any atom is 0.362 e. The molecule has 82 valence electrons. The molecule has 5 heteroatoms. The molecule has 0 amide bonds. The molecule has 0 N–H and O–H groups in total. The van der Waals surface area contributed by atoms with E-state index in [1.807, 2.05) is 13.8 Å². The lowest BCUT2D eigenvalue weighted by Crippen LogP contribution is -2.10. The highest BCUT2D eigenvalue weighted by Gasteiger charge is 2.10. The van der Waals surface area contributed by atoms with Crippen molar-refractivity contribution in [3.63, 3.8) is 0 Å². The molecule has 0 aromatic carbocycles. The van der Waals surface area contributed by atoms with Gasteiger partial charge in [-0.05, 0) is 12.1 Å². The molecule has 0 spiro atoms. The van der Waals surface area contributed by atoms with Crippen molar-refractivity contribution in [2.45, 2.75) is 20.8 Å². The summed E-state index contributed by atoms with van der Waals surface area (Å²) in [5, 5.41) is 2.54. The molecular weight excluding hydrogens is 184 g/mol. The fourth-order valence-corrected chi connectivity index (χ4v) is 0.563. The molecular formula is C9H18N2O3. The first kappa shape index (κ1) is 15.1. The Bertz CT molecular complexity index is 200. The van der Waals surface area contributed by atoms with Crippen molar-refractivity contribution in [1.29, 1.82) is 0 Å². The van der Waals surface area contributed by atoms with Crippen molar-refractivity contribution in [3.05, 3.63) is 16.8 Å². The molecule has 0 radical (unpaired) electrons. The number of nitrogens with zero attached hydrogens (tertiary/aromatic N) is 2. The van der Waals surface area contributed by atoms with Crippen molar-refractivity contribution >= 4 is 5.97 Å². The third-order valence-corrected chi connectivity index (χ3v) is 0.963. The summed E-state index contributed by atoms with van der Waals surface area (Å²) in [5.41, 5.74) is -0.221. The minimum absolute atomic E-state index is 0.221. The van der Waals surface area contributed by atoms with Crippen molar-refractivity contribution < 1.29 is 9.53 Å². The summed E-state index contributed by atoms with van der Waals surface area (Å²) in [5.74, 6) is -0.693. The van der Waals surface area contributed by atoms with Crippen molar-refractivity contribution in [3.8, 4) is 0 Å². The van der Waals surface area contributed by atoms with Gasteiger partial charge in [-0.15, -0.1) is 4.91 Å². The third-order valence-electron chi connectivity index (χ3n) is 0.963. The smallest absolute Gasteiger partial charge is 0.362 e. The number of ether oxygens (including phenoxy) is 1. The van der Waals surface area contributed by atoms with Crippen LogP contribution in [0.15, 0.2) is 17.1 Å². The van der Waals surface area contributed by atoms with Gasteiger partial charge in [0.25, 0.3) is 0 Å². The van der Waals surface area contributed by atoms with Crippen molar-refractivity contribution in [1.82, 2.24) is 4.90 Å². The highest BCUT2D eigenvalue weighted by atomic mass is 16.5. The molecule has 0 atom stereocenters. The Morgan fingerprint density at radius 3 is 2.21 bits per heavy atom. The molecule has 0 aromatic rings. The number of nitroso groups, excluding NO2 is 1. The van der Waals surface area contributed by atoms with Crippen LogP contribution in [0.2, 0.25) is 0 Å². The fourth-order valence-electron chi connectivity index (χ4n) is 0.563. The number of rotatable bonds is 4. The van der Waals surface area contributed by atoms with E-state index in [4.69, 9.17) is 0 Å². The Morgan fingerprint density at radius 2 is 1.93 bits per heavy atom. The molecule has 0 saturated carbocycles. The largest absolute Gasteiger partial charge is 0.461 e. The molecule has 0 aliphatic carbocycles. The lowest BCUT2D eigenvalue weighted by molar-refractivity contribution is -0.138. The molecule has 0 heterocycles. The molecule has 0 fully saturated rings. The van der Waals surface area contributed by atoms with E-state index in [0.29, 0.717) is 0 Å². The second kappa shape index (κ2) is 9.70. The summed E-state index contributed by atoms with van der Waals surface area (Å²) in [6, 6.07) is 0. The van der Waals surface area contributed by atoms with Crippen LogP contribution in [-0.4, -0.2) is 31.6 Å². The fraction of sp³-hybridized carbons (Fsp3) is 0.667. The first-order valence-corrected chi connectivity index (χ1v) is 4.50. The average Bonchev–Trinajstić information content (AvgIpc) is 2.17. The van der Waals surface area contributed by atoms with Gasteiger partial charge in [0.2, 0.25) is 5.70 Å². The molecule has 0 aliphatic rings. The number of esters is 1. The second-order valence-electron chi connectivity index (χ2n) is 2.29. The monoisotopic (exact) mass is 202 g/mol. The Balaban J connectivity index is 0. The summed E-state index contributed by atoms with van der Waals surface area (Å²) in [4.78, 5) is 22.6. The van der Waals surface area contributed by atoms with Gasteiger partial charge in [0.15, 0.2) is 0 Å². The molecule has 0 aromatic heterocycles. The molecule has 0 rings (SSSR count). The lowest BCUT2D eigenvalue weighted by atomic mass is 10.5. The minimum atomic E-state index is -0.693. The maximum absolute atomic E-state index is 10.9. The van der Waals surface area contributed by atoms with Gasteiger partial charge in [0.05, 0.1) is 6.61 Å². The summed E-state index contributed by atoms with van der Waals surface area (Å²) in [6.07, 6.45) is 1.31. The van der Waals surface area contributed by atoms with Crippen LogP contribution < -0.4 is 0 Å². The molecule has 14 heavy (non-hydrogen) atoms. The van der Waals surface area contributed by atoms with E-state index in [2.05, 4.69) is 9.91 Å². The van der Waals surface area contributed by atoms with Gasteiger partial charge in [-0.2, -0.15) is 0 Å². The van der Waals surface area contributed by atoms with Crippen LogP contribution in [0.5, 0.6) is 0 Å². The summed E-state index contributed by atoms with van der Waals surface area (Å²) >= 11 is 0. The molecule has 0 aliphatic heterocycles. The zero-order valence-electron chi connectivity index (χ0n) is 9.40. The van der Waals surface area contributed by atoms with E-state index in [0.717, 1.165) is 0 Å². The average molecular weight is 202 g/mol. The van der Waals surface area contributed by atoms with E-state index in [1.54, 1.807) is 25.9 Å². The minimum Gasteiger partial charge on any atom is -0.461 e. The Hall–Kier alpha value is -1.39. The predicted molar refractivity (Wildman–Crippen MR) is 55.5 cm³/mol. The molecule has 0 saturated heterocycles. The quantitative estimate of drug-likeness (QED) is 0.396. The Kier molecular flexibility index (Phi) is 10.5. The van der Waals surface area contributed by atoms with Crippen LogP contribution in [-0.2, 0) is 9.53 Å². The Morgan fingerprint density at radius 1 is 1.43 bits per heavy atom. The first-order chi connectivity index (χ1) is 6.61. The number of carbonyl (C=O) groups excluding carboxylic acids is 1. The predicted octanol–water partition coefficient (Wildman–Crippen LogP) is 1.75. The summed E-state index contributed by atoms with van der Waals surface area (Å²) in [7, 11) is 3.37. The van der Waals surface area contributed by atoms with Crippen LogP contribution in [0, 0.1) is 4.91 Å². The molecule has 0 bridgehead atoms. The van der Waals surface area contributed by atoms with Gasteiger partial charge in [-0.1, -0.05) is 13.8 Å². The number of carbonyl (C=O) groups is 1. The summed E-state index contributed by atoms with van der Waals surface area (Å²) < 4.78 is 4.57. The van der Waals surface area contributed by atoms with E-state index in [9.17, 15) is 9.70 Å². The highest BCUT2D eigenvalue weighted by molar-refractivity contribution is 5.87. The third kappa shape index (κ3) is 7.27. The van der Waals surface area contributed by atoms with Crippen molar-refractivity contribution in [2.24, 2.45) is 5.18 Å². The lowest BCUT2D eigenvalue weighted by Gasteiger charge is -2.05. The Labute approximate surface area is 84.7 Å². The van der Waals surface area contributed by atoms with E-state index in [1.165, 1.54) is 6.20 Å². The summed E-state index contributed by atoms with van der Waals surface area (Å²) in [6.45, 7) is 5.90. The van der Waals surface area contributed by atoms with Crippen LogP contribution in [0.3, 0.4) is 0 Å². The van der Waals surface area contributed by atoms with E-state index in [-0.39, 0.29) is 12.3 Å². The van der Waals surface area contributed by atoms with Crippen molar-refractivity contribution in [2.75, 3.05) is 20.7 Å². The molecule has 5 nitrogen and oxygen atoms in total. The standard InChI is InChI=1S/C7H12N2O3.C2H6/c1-4-12-7(10)6(8-11)5-9(2)3;1-2/h5H,4H2,1-3H3;1-2H3/b6-5-;. The first-order valence-electron chi connectivity index (χ1n) is 4.50. The van der Waals surface area contributed by atoms with Gasteiger partial charge in [-0.3, -0.25) is 0 Å². The van der Waals surface area contributed by atoms with Gasteiger partial charge >= 0.3 is 5.97 Å². The number of hydrogen-bond acceptors (Lipinski definition) is 5. The number of hydrogen-bond donors (Lipinski definition) is 0. The zero-order chi connectivity index (χ0) is 11.6. The van der Waals surface area contributed by atoms with Crippen LogP contribution in [0.1, 0.15) is 20.8 Å². The van der Waals surface area contributed by atoms with Crippen LogP contribution >= 0.6 is 0 Å². The highest BCUT2D eigenvalue weighted by Crippen LogP contribution is 2.00.